The van der Waals surface area contributed by atoms with Crippen LogP contribution in [-0.2, 0) is 4.79 Å². The third-order valence-electron chi connectivity index (χ3n) is 5.89. The summed E-state index contributed by atoms with van der Waals surface area (Å²) in [6, 6.07) is 13.2. The number of rotatable bonds is 6. The fourth-order valence-corrected chi connectivity index (χ4v) is 4.92. The summed E-state index contributed by atoms with van der Waals surface area (Å²) in [6.45, 7) is 1.82. The first kappa shape index (κ1) is 28.6. The molecule has 5 rings (SSSR count). The Morgan fingerprint density at radius 2 is 1.88 bits per heavy atom. The van der Waals surface area contributed by atoms with E-state index >= 15 is 0 Å². The summed E-state index contributed by atoms with van der Waals surface area (Å²) < 4.78 is 62.7. The Bertz CT molecular complexity index is 1690. The van der Waals surface area contributed by atoms with Gasteiger partial charge in [0.2, 0.25) is 5.91 Å². The van der Waals surface area contributed by atoms with Gasteiger partial charge in [0.1, 0.15) is 23.6 Å². The van der Waals surface area contributed by atoms with Crippen molar-refractivity contribution in [3.05, 3.63) is 78.4 Å². The van der Waals surface area contributed by atoms with Crippen LogP contribution in [-0.4, -0.2) is 51.1 Å². The van der Waals surface area contributed by atoms with Crippen molar-refractivity contribution in [1.29, 1.82) is 0 Å². The number of aryl methyl sites for hydroxylation is 1. The molecule has 1 fully saturated rings. The summed E-state index contributed by atoms with van der Waals surface area (Å²) >= 11 is 1.07. The van der Waals surface area contributed by atoms with Gasteiger partial charge < -0.3 is 14.8 Å². The van der Waals surface area contributed by atoms with Crippen molar-refractivity contribution >= 4 is 40.2 Å². The Kier molecular flexibility index (Phi) is 7.85. The number of halogens is 4. The Morgan fingerprint density at radius 3 is 2.57 bits per heavy atom. The number of carbonyl (C=O) groups excluding carboxylic acids is 2. The summed E-state index contributed by atoms with van der Waals surface area (Å²) in [5.74, 6) is -0.811. The summed E-state index contributed by atoms with van der Waals surface area (Å²) in [5, 5.41) is 6.73. The van der Waals surface area contributed by atoms with Gasteiger partial charge in [0.05, 0.1) is 29.9 Å². The van der Waals surface area contributed by atoms with Gasteiger partial charge in [-0.15, -0.1) is 18.3 Å². The molecule has 1 saturated heterocycles. The molecule has 1 aliphatic rings. The van der Waals surface area contributed by atoms with Gasteiger partial charge in [-0.05, 0) is 61.0 Å². The van der Waals surface area contributed by atoms with Crippen molar-refractivity contribution < 1.29 is 36.6 Å². The largest absolute Gasteiger partial charge is 0.573 e. The molecule has 0 saturated carbocycles. The molecule has 0 aliphatic carbocycles. The molecular weight excluding hydrogens is 580 g/mol. The normalized spacial score (nSPS) is 14.4. The number of ether oxygens (including phenoxy) is 2. The number of benzene rings is 3. The predicted molar refractivity (Wildman–Crippen MR) is 148 cm³/mol. The lowest BCUT2D eigenvalue weighted by Crippen LogP contribution is -2.30. The monoisotopic (exact) mass is 600 g/mol. The van der Waals surface area contributed by atoms with E-state index in [1.807, 2.05) is 13.0 Å². The van der Waals surface area contributed by atoms with Crippen molar-refractivity contribution in [2.75, 3.05) is 23.1 Å². The van der Waals surface area contributed by atoms with E-state index in [-0.39, 0.29) is 33.9 Å². The number of hydrogen-bond donors (Lipinski definition) is 1. The van der Waals surface area contributed by atoms with E-state index in [4.69, 9.17) is 4.74 Å². The number of nitrogens with one attached hydrogen (secondary N) is 1. The molecular formula is C27H20F4N6O4S. The average Bonchev–Trinajstić information content (AvgIpc) is 3.56. The highest BCUT2D eigenvalue weighted by atomic mass is 32.2. The number of amidine groups is 1. The number of methoxy groups -OCH3 is 1. The van der Waals surface area contributed by atoms with E-state index in [0.717, 1.165) is 35.5 Å². The number of carbonyl (C=O) groups is 2. The minimum absolute atomic E-state index is 0.0669. The molecule has 10 nitrogen and oxygen atoms in total. The van der Waals surface area contributed by atoms with Crippen LogP contribution in [0.4, 0.5) is 33.7 Å². The molecule has 3 aromatic carbocycles. The number of para-hydroxylation sites is 1. The van der Waals surface area contributed by atoms with E-state index < -0.39 is 24.0 Å². The van der Waals surface area contributed by atoms with Gasteiger partial charge in [0.25, 0.3) is 0 Å². The maximum Gasteiger partial charge on any atom is 0.573 e. The van der Waals surface area contributed by atoms with Crippen LogP contribution in [0, 0.1) is 12.7 Å². The fraction of sp³-hybridized carbons (Fsp3) is 0.148. The zero-order valence-electron chi connectivity index (χ0n) is 21.8. The van der Waals surface area contributed by atoms with Gasteiger partial charge in [-0.25, -0.2) is 18.9 Å². The molecule has 0 spiro atoms. The Hall–Kier alpha value is -4.92. The molecule has 216 valence electrons. The van der Waals surface area contributed by atoms with Gasteiger partial charge in [-0.2, -0.15) is 4.99 Å². The number of aromatic nitrogens is 3. The number of amides is 3. The molecule has 1 aliphatic heterocycles. The van der Waals surface area contributed by atoms with Crippen LogP contribution in [0.1, 0.15) is 5.56 Å². The minimum Gasteiger partial charge on any atom is -0.494 e. The van der Waals surface area contributed by atoms with Crippen LogP contribution >= 0.6 is 11.8 Å². The van der Waals surface area contributed by atoms with Crippen molar-refractivity contribution in [3.63, 3.8) is 0 Å². The Balaban J connectivity index is 1.30. The fourth-order valence-electron chi connectivity index (χ4n) is 4.07. The first-order valence-electron chi connectivity index (χ1n) is 12.1. The van der Waals surface area contributed by atoms with Crippen molar-refractivity contribution in [2.24, 2.45) is 4.99 Å². The molecule has 42 heavy (non-hydrogen) atoms. The SMILES string of the molecule is COc1c(C)cccc1N1C(=O)CS/C1=N\C(=O)Nc1ccc(-c2ncn(-c3ccc(OC(F)(F)F)cc3)n2)cc1F. The summed E-state index contributed by atoms with van der Waals surface area (Å²) in [5.41, 5.74) is 1.74. The van der Waals surface area contributed by atoms with Crippen molar-refractivity contribution in [1.82, 2.24) is 14.8 Å². The maximum atomic E-state index is 14.9. The van der Waals surface area contributed by atoms with E-state index in [0.29, 0.717) is 17.1 Å². The van der Waals surface area contributed by atoms with Crippen molar-refractivity contribution in [3.8, 4) is 28.6 Å². The summed E-state index contributed by atoms with van der Waals surface area (Å²) in [7, 11) is 1.48. The van der Waals surface area contributed by atoms with Crippen molar-refractivity contribution in [2.45, 2.75) is 13.3 Å². The molecule has 2 heterocycles. The highest BCUT2D eigenvalue weighted by Gasteiger charge is 2.33. The minimum atomic E-state index is -4.81. The molecule has 1 aromatic heterocycles. The Labute approximate surface area is 240 Å². The molecule has 4 aromatic rings. The molecule has 0 radical (unpaired) electrons. The Morgan fingerprint density at radius 1 is 1.12 bits per heavy atom. The van der Waals surface area contributed by atoms with E-state index in [9.17, 15) is 27.2 Å². The molecule has 15 heteroatoms. The lowest BCUT2D eigenvalue weighted by molar-refractivity contribution is -0.274. The van der Waals surface area contributed by atoms with E-state index in [1.165, 1.54) is 47.3 Å². The molecule has 0 bridgehead atoms. The number of hydrogen-bond acceptors (Lipinski definition) is 7. The van der Waals surface area contributed by atoms with Gasteiger partial charge in [-0.3, -0.25) is 9.69 Å². The van der Waals surface area contributed by atoms with Crippen LogP contribution in [0.2, 0.25) is 0 Å². The van der Waals surface area contributed by atoms with E-state index in [1.54, 1.807) is 12.1 Å². The highest BCUT2D eigenvalue weighted by molar-refractivity contribution is 8.15. The number of anilines is 2. The second-order valence-electron chi connectivity index (χ2n) is 8.72. The number of aliphatic imine (C=N–C) groups is 1. The number of nitrogens with zero attached hydrogens (tertiary/aromatic N) is 5. The van der Waals surface area contributed by atoms with Gasteiger partial charge in [-0.1, -0.05) is 23.9 Å². The van der Waals surface area contributed by atoms with E-state index in [2.05, 4.69) is 25.1 Å². The zero-order valence-corrected chi connectivity index (χ0v) is 22.7. The molecule has 1 N–H and O–H groups in total. The number of urea groups is 1. The number of thioether (sulfide) groups is 1. The summed E-state index contributed by atoms with van der Waals surface area (Å²) in [4.78, 5) is 34.7. The second-order valence-corrected chi connectivity index (χ2v) is 9.66. The third-order valence-corrected chi connectivity index (χ3v) is 6.82. The third kappa shape index (κ3) is 6.20. The quantitative estimate of drug-likeness (QED) is 0.272. The first-order valence-corrected chi connectivity index (χ1v) is 13.1. The topological polar surface area (TPSA) is 111 Å². The smallest absolute Gasteiger partial charge is 0.494 e. The lowest BCUT2D eigenvalue weighted by atomic mass is 10.2. The average molecular weight is 601 g/mol. The van der Waals surface area contributed by atoms with Gasteiger partial charge >= 0.3 is 12.4 Å². The number of alkyl halides is 3. The van der Waals surface area contributed by atoms with Gasteiger partial charge in [0.15, 0.2) is 11.0 Å². The zero-order chi connectivity index (χ0) is 30.0. The second kappa shape index (κ2) is 11.5. The molecule has 0 unspecified atom stereocenters. The predicted octanol–water partition coefficient (Wildman–Crippen LogP) is 5.96. The van der Waals surface area contributed by atoms with Crippen LogP contribution < -0.4 is 19.7 Å². The summed E-state index contributed by atoms with van der Waals surface area (Å²) in [6.07, 6.45) is -3.50. The molecule has 3 amide bonds. The lowest BCUT2D eigenvalue weighted by Gasteiger charge is -2.20. The van der Waals surface area contributed by atoms with Crippen LogP contribution in [0.25, 0.3) is 17.1 Å². The standard InChI is InChI=1S/C27H20F4N6O4S/c1-15-4-3-5-21(23(15)40-2)37-22(38)13-42-26(37)34-25(39)33-20-11-6-16(12-19(20)28)24-32-14-36(35-24)17-7-9-18(10-8-17)41-27(29,30)31/h3-12,14H,13H2,1-2H3,(H,33,39)/b34-26-. The van der Waals surface area contributed by atoms with Crippen LogP contribution in [0.3, 0.4) is 0 Å². The molecule has 0 atom stereocenters. The first-order chi connectivity index (χ1) is 20.0. The van der Waals surface area contributed by atoms with Gasteiger partial charge in [0, 0.05) is 5.56 Å². The van der Waals surface area contributed by atoms with Crippen LogP contribution in [0.5, 0.6) is 11.5 Å². The highest BCUT2D eigenvalue weighted by Crippen LogP contribution is 2.36. The maximum absolute atomic E-state index is 14.9. The van der Waals surface area contributed by atoms with Crippen LogP contribution in [0.15, 0.2) is 72.0 Å².